The van der Waals surface area contributed by atoms with E-state index < -0.39 is 0 Å². The second-order valence-corrected chi connectivity index (χ2v) is 10.4. The summed E-state index contributed by atoms with van der Waals surface area (Å²) in [7, 11) is 4.00. The predicted molar refractivity (Wildman–Crippen MR) is 119 cm³/mol. The van der Waals surface area contributed by atoms with Crippen LogP contribution in [0.5, 0.6) is 0 Å². The minimum atomic E-state index is 0.109. The van der Waals surface area contributed by atoms with Crippen LogP contribution in [0.1, 0.15) is 57.2 Å². The molecule has 1 amide bonds. The predicted octanol–water partition coefficient (Wildman–Crippen LogP) is 5.32. The fraction of sp³-hybridized carbons (Fsp3) is 0.571. The average Bonchev–Trinajstić information content (AvgIpc) is 3.31. The fourth-order valence-corrected chi connectivity index (χ4v) is 6.87. The molecule has 150 valence electrons. The van der Waals surface area contributed by atoms with Gasteiger partial charge in [-0.1, -0.05) is 34.4 Å². The number of rotatable bonds is 7. The maximum absolute atomic E-state index is 12.2. The van der Waals surface area contributed by atoms with Crippen molar-refractivity contribution in [2.24, 2.45) is 0 Å². The minimum absolute atomic E-state index is 0.109. The lowest BCUT2D eigenvalue weighted by Gasteiger charge is -2.09. The van der Waals surface area contributed by atoms with Crippen molar-refractivity contribution in [3.8, 4) is 11.4 Å². The lowest BCUT2D eigenvalue weighted by atomic mass is 10.1. The van der Waals surface area contributed by atoms with E-state index in [2.05, 4.69) is 20.1 Å². The van der Waals surface area contributed by atoms with Gasteiger partial charge in [0.2, 0.25) is 5.91 Å². The molecule has 4 rings (SSSR count). The number of carbonyl (C=O) groups excluding carboxylic acids is 1. The monoisotopic (exact) mass is 416 g/mol. The average molecular weight is 417 g/mol. The van der Waals surface area contributed by atoms with Gasteiger partial charge in [0.1, 0.15) is 5.82 Å². The third-order valence-corrected chi connectivity index (χ3v) is 8.45. The Morgan fingerprint density at radius 1 is 1.14 bits per heavy atom. The van der Waals surface area contributed by atoms with Crippen molar-refractivity contribution in [2.45, 2.75) is 69.6 Å². The molecule has 7 heteroatoms. The van der Waals surface area contributed by atoms with Gasteiger partial charge in [0.25, 0.3) is 0 Å². The van der Waals surface area contributed by atoms with Crippen LogP contribution < -0.4 is 5.32 Å². The van der Waals surface area contributed by atoms with Crippen LogP contribution in [0.2, 0.25) is 0 Å². The van der Waals surface area contributed by atoms with Gasteiger partial charge in [-0.15, -0.1) is 10.2 Å². The molecule has 1 N–H and O–H groups in total. The molecular formula is C21H28N4OS2. The fourth-order valence-electron chi connectivity index (χ4n) is 3.85. The van der Waals surface area contributed by atoms with Crippen LogP contribution >= 0.6 is 21.6 Å². The Morgan fingerprint density at radius 2 is 2.04 bits per heavy atom. The van der Waals surface area contributed by atoms with Gasteiger partial charge in [-0.05, 0) is 56.4 Å². The number of aryl methyl sites for hydroxylation is 1. The Labute approximate surface area is 174 Å². The molecule has 2 aliphatic rings. The van der Waals surface area contributed by atoms with Crippen molar-refractivity contribution >= 4 is 33.2 Å². The highest BCUT2D eigenvalue weighted by Gasteiger charge is 2.17. The van der Waals surface area contributed by atoms with Gasteiger partial charge in [0.15, 0.2) is 5.82 Å². The molecule has 1 aromatic heterocycles. The molecule has 0 bridgehead atoms. The molecule has 0 spiro atoms. The van der Waals surface area contributed by atoms with Gasteiger partial charge in [-0.2, -0.15) is 0 Å². The Hall–Kier alpha value is -1.47. The molecule has 1 atom stereocenters. The number of aromatic nitrogens is 3. The summed E-state index contributed by atoms with van der Waals surface area (Å²) in [5.41, 5.74) is 1.91. The lowest BCUT2D eigenvalue weighted by Crippen LogP contribution is -2.11. The zero-order valence-corrected chi connectivity index (χ0v) is 17.9. The number of amides is 1. The van der Waals surface area contributed by atoms with E-state index in [0.29, 0.717) is 6.42 Å². The number of anilines is 1. The molecule has 1 fully saturated rings. The molecule has 1 aromatic carbocycles. The van der Waals surface area contributed by atoms with Crippen molar-refractivity contribution in [2.75, 3.05) is 11.1 Å². The lowest BCUT2D eigenvalue weighted by molar-refractivity contribution is -0.116. The molecule has 28 heavy (non-hydrogen) atoms. The van der Waals surface area contributed by atoms with Gasteiger partial charge in [-0.25, -0.2) is 0 Å². The van der Waals surface area contributed by atoms with Crippen molar-refractivity contribution in [3.63, 3.8) is 0 Å². The zero-order chi connectivity index (χ0) is 19.2. The summed E-state index contributed by atoms with van der Waals surface area (Å²) in [5, 5.41) is 12.6. The standard InChI is InChI=1S/C21H28N4OS2/c26-20(8-4-3-6-18-13-15-27-28-18)22-17-11-9-16(10-12-17)21-24-23-19-7-2-1-5-14-25(19)21/h9-12,18H,1-8,13-15H2,(H,22,26). The molecule has 2 aromatic rings. The SMILES string of the molecule is O=C(CCCCC1CCSS1)Nc1ccc(-c2nnc3n2CCCCC3)cc1. The van der Waals surface area contributed by atoms with Crippen molar-refractivity contribution in [3.05, 3.63) is 30.1 Å². The number of hydrogen-bond acceptors (Lipinski definition) is 5. The van der Waals surface area contributed by atoms with E-state index >= 15 is 0 Å². The molecule has 3 heterocycles. The first-order chi connectivity index (χ1) is 13.8. The third kappa shape index (κ3) is 5.11. The van der Waals surface area contributed by atoms with E-state index in [1.807, 2.05) is 45.9 Å². The first-order valence-corrected chi connectivity index (χ1v) is 12.8. The van der Waals surface area contributed by atoms with E-state index in [0.717, 1.165) is 54.0 Å². The van der Waals surface area contributed by atoms with E-state index in [4.69, 9.17) is 0 Å². The maximum atomic E-state index is 12.2. The van der Waals surface area contributed by atoms with Crippen molar-refractivity contribution < 1.29 is 4.79 Å². The summed E-state index contributed by atoms with van der Waals surface area (Å²) >= 11 is 0. The van der Waals surface area contributed by atoms with E-state index in [9.17, 15) is 4.79 Å². The van der Waals surface area contributed by atoms with Crippen LogP contribution in [-0.2, 0) is 17.8 Å². The van der Waals surface area contributed by atoms with Gasteiger partial charge >= 0.3 is 0 Å². The molecule has 5 nitrogen and oxygen atoms in total. The smallest absolute Gasteiger partial charge is 0.224 e. The molecule has 0 aliphatic carbocycles. The number of nitrogens with zero attached hydrogens (tertiary/aromatic N) is 3. The highest BCUT2D eigenvalue weighted by atomic mass is 33.1. The van der Waals surface area contributed by atoms with Gasteiger partial charge < -0.3 is 9.88 Å². The summed E-state index contributed by atoms with van der Waals surface area (Å²) in [5.74, 6) is 3.43. The maximum Gasteiger partial charge on any atom is 0.224 e. The number of nitrogens with one attached hydrogen (secondary N) is 1. The Kier molecular flexibility index (Phi) is 6.96. The summed E-state index contributed by atoms with van der Waals surface area (Å²) in [6, 6.07) is 8.01. The Bertz CT molecular complexity index is 784. The van der Waals surface area contributed by atoms with Crippen molar-refractivity contribution in [1.29, 1.82) is 0 Å². The number of fused-ring (bicyclic) bond motifs is 1. The third-order valence-electron chi connectivity index (χ3n) is 5.44. The number of hydrogen-bond donors (Lipinski definition) is 1. The molecule has 2 aliphatic heterocycles. The van der Waals surface area contributed by atoms with Crippen LogP contribution in [0.15, 0.2) is 24.3 Å². The second kappa shape index (κ2) is 9.83. The largest absolute Gasteiger partial charge is 0.326 e. The summed E-state index contributed by atoms with van der Waals surface area (Å²) < 4.78 is 2.25. The minimum Gasteiger partial charge on any atom is -0.326 e. The zero-order valence-electron chi connectivity index (χ0n) is 16.2. The first kappa shape index (κ1) is 19.8. The first-order valence-electron chi connectivity index (χ1n) is 10.4. The Balaban J connectivity index is 1.27. The van der Waals surface area contributed by atoms with Crippen LogP contribution in [0, 0.1) is 0 Å². The highest BCUT2D eigenvalue weighted by molar-refractivity contribution is 8.77. The molecule has 0 radical (unpaired) electrons. The highest BCUT2D eigenvalue weighted by Crippen LogP contribution is 2.39. The van der Waals surface area contributed by atoms with Gasteiger partial charge in [-0.3, -0.25) is 4.79 Å². The van der Waals surface area contributed by atoms with Crippen LogP contribution in [-0.4, -0.2) is 31.7 Å². The quantitative estimate of drug-likeness (QED) is 0.489. The van der Waals surface area contributed by atoms with E-state index in [1.165, 1.54) is 37.9 Å². The van der Waals surface area contributed by atoms with Crippen molar-refractivity contribution in [1.82, 2.24) is 14.8 Å². The summed E-state index contributed by atoms with van der Waals surface area (Å²) in [6.45, 7) is 0.994. The molecule has 0 saturated carbocycles. The Morgan fingerprint density at radius 3 is 2.86 bits per heavy atom. The molecule has 1 saturated heterocycles. The number of carbonyl (C=O) groups is 1. The van der Waals surface area contributed by atoms with Crippen LogP contribution in [0.3, 0.4) is 0 Å². The van der Waals surface area contributed by atoms with E-state index in [-0.39, 0.29) is 5.91 Å². The molecule has 1 unspecified atom stereocenters. The number of benzene rings is 1. The topological polar surface area (TPSA) is 59.8 Å². The van der Waals surface area contributed by atoms with Crippen LogP contribution in [0.25, 0.3) is 11.4 Å². The summed E-state index contributed by atoms with van der Waals surface area (Å²) in [4.78, 5) is 12.2. The van der Waals surface area contributed by atoms with Gasteiger partial charge in [0, 0.05) is 41.6 Å². The van der Waals surface area contributed by atoms with Gasteiger partial charge in [0.05, 0.1) is 0 Å². The number of unbranched alkanes of at least 4 members (excludes halogenated alkanes) is 1. The summed E-state index contributed by atoms with van der Waals surface area (Å²) in [6.07, 6.45) is 9.92. The molecular weight excluding hydrogens is 388 g/mol. The second-order valence-electron chi connectivity index (χ2n) is 7.60. The normalized spacial score (nSPS) is 19.2. The van der Waals surface area contributed by atoms with E-state index in [1.54, 1.807) is 0 Å². The van der Waals surface area contributed by atoms with Crippen LogP contribution in [0.4, 0.5) is 5.69 Å².